The highest BCUT2D eigenvalue weighted by molar-refractivity contribution is 6.17. The Morgan fingerprint density at radius 3 is 2.70 bits per heavy atom. The number of rotatable bonds is 3. The molecule has 0 amide bonds. The van der Waals surface area contributed by atoms with E-state index in [1.54, 1.807) is 4.68 Å². The molecule has 4 nitrogen and oxygen atoms in total. The van der Waals surface area contributed by atoms with E-state index in [9.17, 15) is 8.78 Å². The van der Waals surface area contributed by atoms with Gasteiger partial charge in [0.2, 0.25) is 0 Å². The fourth-order valence-corrected chi connectivity index (χ4v) is 2.62. The van der Waals surface area contributed by atoms with Crippen molar-refractivity contribution in [1.82, 2.24) is 9.66 Å². The average molecular weight is 302 g/mol. The predicted octanol–water partition coefficient (Wildman–Crippen LogP) is 2.06. The van der Waals surface area contributed by atoms with Crippen LogP contribution in [0.25, 0.3) is 11.0 Å². The molecule has 1 aromatic carbocycles. The summed E-state index contributed by atoms with van der Waals surface area (Å²) in [5.41, 5.74) is 0.613. The Labute approximate surface area is 119 Å². The molecule has 1 aliphatic heterocycles. The Kier molecular flexibility index (Phi) is 3.76. The van der Waals surface area contributed by atoms with E-state index in [4.69, 9.17) is 16.3 Å². The number of hydrogen-bond acceptors (Lipinski definition) is 3. The van der Waals surface area contributed by atoms with Crippen LogP contribution in [0.4, 0.5) is 8.78 Å². The number of alkyl halides is 1. The van der Waals surface area contributed by atoms with Crippen LogP contribution in [-0.2, 0) is 11.2 Å². The van der Waals surface area contributed by atoms with Crippen molar-refractivity contribution in [1.29, 1.82) is 0 Å². The largest absolute Gasteiger partial charge is 0.378 e. The normalized spacial score (nSPS) is 16.1. The van der Waals surface area contributed by atoms with Crippen LogP contribution < -0.4 is 5.01 Å². The number of ether oxygens (including phenoxy) is 1. The van der Waals surface area contributed by atoms with E-state index >= 15 is 0 Å². The Bertz CT molecular complexity index is 626. The average Bonchev–Trinajstić information content (AvgIpc) is 2.79. The van der Waals surface area contributed by atoms with Crippen LogP contribution in [0.3, 0.4) is 0 Å². The first kappa shape index (κ1) is 13.6. The summed E-state index contributed by atoms with van der Waals surface area (Å²) < 4.78 is 34.4. The first-order valence-electron chi connectivity index (χ1n) is 6.46. The third-order valence-corrected chi connectivity index (χ3v) is 3.50. The minimum Gasteiger partial charge on any atom is -0.378 e. The molecule has 0 spiro atoms. The van der Waals surface area contributed by atoms with Gasteiger partial charge in [0.05, 0.1) is 31.8 Å². The molecule has 2 aromatic rings. The summed E-state index contributed by atoms with van der Waals surface area (Å²) in [4.78, 5) is 4.27. The minimum atomic E-state index is -0.650. The van der Waals surface area contributed by atoms with Crippen molar-refractivity contribution in [2.75, 3.05) is 37.2 Å². The maximum atomic E-state index is 13.9. The van der Waals surface area contributed by atoms with Crippen molar-refractivity contribution in [3.8, 4) is 0 Å². The number of fused-ring (bicyclic) bond motifs is 1. The molecule has 1 saturated heterocycles. The number of hydrogen-bond donors (Lipinski definition) is 0. The van der Waals surface area contributed by atoms with Crippen molar-refractivity contribution in [3.63, 3.8) is 0 Å². The maximum absolute atomic E-state index is 13.9. The second-order valence-electron chi connectivity index (χ2n) is 4.60. The lowest BCUT2D eigenvalue weighted by Gasteiger charge is -2.31. The molecule has 108 valence electrons. The zero-order valence-electron chi connectivity index (χ0n) is 10.8. The van der Waals surface area contributed by atoms with Crippen molar-refractivity contribution >= 4 is 22.6 Å². The number of aryl methyl sites for hydroxylation is 1. The molecule has 0 unspecified atom stereocenters. The van der Waals surface area contributed by atoms with E-state index in [0.717, 1.165) is 6.07 Å². The van der Waals surface area contributed by atoms with Crippen LogP contribution in [-0.4, -0.2) is 41.8 Å². The van der Waals surface area contributed by atoms with Crippen molar-refractivity contribution in [3.05, 3.63) is 29.6 Å². The summed E-state index contributed by atoms with van der Waals surface area (Å²) in [6.45, 7) is 2.47. The summed E-state index contributed by atoms with van der Waals surface area (Å²) >= 11 is 5.78. The monoisotopic (exact) mass is 301 g/mol. The fraction of sp³-hybridized carbons (Fsp3) is 0.462. The second kappa shape index (κ2) is 5.54. The van der Waals surface area contributed by atoms with Gasteiger partial charge >= 0.3 is 0 Å². The number of morpholine rings is 1. The van der Waals surface area contributed by atoms with Crippen LogP contribution in [0, 0.1) is 11.6 Å². The minimum absolute atomic E-state index is 0.179. The highest BCUT2D eigenvalue weighted by Crippen LogP contribution is 2.22. The standard InChI is InChI=1S/C13H14ClF2N3O/c14-2-1-12-17-13-10(16)7-9(15)8-11(13)19(12)18-3-5-20-6-4-18/h7-8H,1-6H2. The number of halogens is 3. The van der Waals surface area contributed by atoms with E-state index in [-0.39, 0.29) is 5.52 Å². The molecule has 0 N–H and O–H groups in total. The van der Waals surface area contributed by atoms with Crippen LogP contribution >= 0.6 is 11.6 Å². The molecule has 7 heteroatoms. The number of nitrogens with zero attached hydrogens (tertiary/aromatic N) is 3. The van der Waals surface area contributed by atoms with Gasteiger partial charge in [-0.25, -0.2) is 18.4 Å². The summed E-state index contributed by atoms with van der Waals surface area (Å²) in [5, 5.41) is 1.99. The second-order valence-corrected chi connectivity index (χ2v) is 4.98. The first-order valence-corrected chi connectivity index (χ1v) is 6.99. The van der Waals surface area contributed by atoms with Crippen LogP contribution in [0.15, 0.2) is 12.1 Å². The molecule has 0 aliphatic carbocycles. The van der Waals surface area contributed by atoms with Gasteiger partial charge in [-0.15, -0.1) is 11.6 Å². The van der Waals surface area contributed by atoms with Crippen LogP contribution in [0.5, 0.6) is 0 Å². The molecule has 2 heterocycles. The summed E-state index contributed by atoms with van der Waals surface area (Å²) in [7, 11) is 0. The zero-order valence-corrected chi connectivity index (χ0v) is 11.5. The molecule has 0 saturated carbocycles. The summed E-state index contributed by atoms with van der Waals surface area (Å²) in [6.07, 6.45) is 0.495. The molecule has 0 bridgehead atoms. The lowest BCUT2D eigenvalue weighted by atomic mass is 10.3. The van der Waals surface area contributed by atoms with Gasteiger partial charge in [-0.3, -0.25) is 0 Å². The molecule has 1 aromatic heterocycles. The Balaban J connectivity index is 2.17. The van der Waals surface area contributed by atoms with Gasteiger partial charge < -0.3 is 9.75 Å². The lowest BCUT2D eigenvalue weighted by molar-refractivity contribution is 0.111. The van der Waals surface area contributed by atoms with Gasteiger partial charge in [0.1, 0.15) is 17.2 Å². The molecular weight excluding hydrogens is 288 g/mol. The highest BCUT2D eigenvalue weighted by Gasteiger charge is 2.21. The summed E-state index contributed by atoms with van der Waals surface area (Å²) in [5.74, 6) is -0.247. The van der Waals surface area contributed by atoms with Gasteiger partial charge in [-0.1, -0.05) is 0 Å². The molecule has 1 fully saturated rings. The maximum Gasteiger partial charge on any atom is 0.154 e. The fourth-order valence-electron chi connectivity index (χ4n) is 2.46. The van der Waals surface area contributed by atoms with E-state index in [2.05, 4.69) is 4.98 Å². The third kappa shape index (κ3) is 2.33. The van der Waals surface area contributed by atoms with Crippen LogP contribution in [0.1, 0.15) is 5.82 Å². The van der Waals surface area contributed by atoms with E-state index < -0.39 is 11.6 Å². The predicted molar refractivity (Wildman–Crippen MR) is 72.8 cm³/mol. The van der Waals surface area contributed by atoms with Crippen molar-refractivity contribution in [2.24, 2.45) is 0 Å². The quantitative estimate of drug-likeness (QED) is 0.813. The lowest BCUT2D eigenvalue weighted by Crippen LogP contribution is -2.44. The molecule has 20 heavy (non-hydrogen) atoms. The zero-order chi connectivity index (χ0) is 14.1. The molecule has 3 rings (SSSR count). The number of aromatic nitrogens is 2. The van der Waals surface area contributed by atoms with E-state index in [0.29, 0.717) is 49.9 Å². The highest BCUT2D eigenvalue weighted by atomic mass is 35.5. The van der Waals surface area contributed by atoms with Crippen molar-refractivity contribution < 1.29 is 13.5 Å². The third-order valence-electron chi connectivity index (χ3n) is 3.31. The van der Waals surface area contributed by atoms with E-state index in [1.165, 1.54) is 6.07 Å². The first-order chi connectivity index (χ1) is 9.70. The molecule has 0 radical (unpaired) electrons. The van der Waals surface area contributed by atoms with Gasteiger partial charge in [0.15, 0.2) is 5.82 Å². The van der Waals surface area contributed by atoms with E-state index in [1.807, 2.05) is 5.01 Å². The molecule has 1 aliphatic rings. The van der Waals surface area contributed by atoms with Crippen molar-refractivity contribution in [2.45, 2.75) is 6.42 Å². The number of benzene rings is 1. The Hall–Kier alpha value is -1.40. The molecule has 0 atom stereocenters. The summed E-state index contributed by atoms with van der Waals surface area (Å²) in [6, 6.07) is 2.15. The number of imidazole rings is 1. The van der Waals surface area contributed by atoms with Gasteiger partial charge in [0.25, 0.3) is 0 Å². The Morgan fingerprint density at radius 2 is 2.00 bits per heavy atom. The van der Waals surface area contributed by atoms with Gasteiger partial charge in [-0.2, -0.15) is 0 Å². The smallest absolute Gasteiger partial charge is 0.154 e. The van der Waals surface area contributed by atoms with Crippen LogP contribution in [0.2, 0.25) is 0 Å². The topological polar surface area (TPSA) is 30.3 Å². The SMILES string of the molecule is Fc1cc(F)c2nc(CCCl)n(N3CCOCC3)c2c1. The van der Waals surface area contributed by atoms with Gasteiger partial charge in [0, 0.05) is 24.4 Å². The Morgan fingerprint density at radius 1 is 1.25 bits per heavy atom. The van der Waals surface area contributed by atoms with Gasteiger partial charge in [-0.05, 0) is 0 Å². The molecular formula is C13H14ClF2N3O.